The second-order valence-electron chi connectivity index (χ2n) is 4.93. The predicted molar refractivity (Wildman–Crippen MR) is 85.7 cm³/mol. The number of nitriles is 1. The minimum absolute atomic E-state index is 0.0490. The third kappa shape index (κ3) is 2.80. The van der Waals surface area contributed by atoms with E-state index >= 15 is 0 Å². The van der Waals surface area contributed by atoms with E-state index in [2.05, 4.69) is 11.2 Å². The van der Waals surface area contributed by atoms with E-state index in [-0.39, 0.29) is 17.1 Å². The maximum Gasteiger partial charge on any atom is 0.338 e. The Morgan fingerprint density at radius 2 is 2.04 bits per heavy atom. The second-order valence-corrected chi connectivity index (χ2v) is 4.93. The Labute approximate surface area is 136 Å². The molecular weight excluding hydrogens is 310 g/mol. The normalized spacial score (nSPS) is 10.8. The Kier molecular flexibility index (Phi) is 3.95. The van der Waals surface area contributed by atoms with E-state index in [4.69, 9.17) is 14.2 Å². The molecule has 0 atom stereocenters. The standard InChI is InChI=1S/C17H11N3O4/c1-11-17(20(21)22)16(24-19-11)9-7-13-6-8-15(23-13)14-5-3-2-4-12(14)10-18/h2-9H,1H3/b9-7-. The van der Waals surface area contributed by atoms with Crippen molar-refractivity contribution in [2.45, 2.75) is 6.92 Å². The predicted octanol–water partition coefficient (Wildman–Crippen LogP) is 4.19. The fourth-order valence-electron chi connectivity index (χ4n) is 2.25. The molecule has 24 heavy (non-hydrogen) atoms. The van der Waals surface area contributed by atoms with Crippen LogP contribution in [0.15, 0.2) is 45.3 Å². The molecule has 0 bridgehead atoms. The fraction of sp³-hybridized carbons (Fsp3) is 0.0588. The van der Waals surface area contributed by atoms with Crippen LogP contribution in [0.3, 0.4) is 0 Å². The fourth-order valence-corrected chi connectivity index (χ4v) is 2.25. The van der Waals surface area contributed by atoms with Crippen molar-refractivity contribution in [2.24, 2.45) is 0 Å². The first-order valence-corrected chi connectivity index (χ1v) is 6.98. The molecule has 2 aromatic heterocycles. The lowest BCUT2D eigenvalue weighted by Gasteiger charge is -1.98. The number of aromatic nitrogens is 1. The number of hydrogen-bond acceptors (Lipinski definition) is 6. The van der Waals surface area contributed by atoms with E-state index < -0.39 is 4.92 Å². The molecule has 3 aromatic rings. The first-order valence-electron chi connectivity index (χ1n) is 6.98. The van der Waals surface area contributed by atoms with E-state index in [1.54, 1.807) is 36.4 Å². The Morgan fingerprint density at radius 3 is 2.79 bits per heavy atom. The van der Waals surface area contributed by atoms with Gasteiger partial charge in [-0.05, 0) is 43.3 Å². The highest BCUT2D eigenvalue weighted by Gasteiger charge is 2.22. The number of nitrogens with zero attached hydrogens (tertiary/aromatic N) is 3. The highest BCUT2D eigenvalue weighted by atomic mass is 16.6. The lowest BCUT2D eigenvalue weighted by molar-refractivity contribution is -0.386. The van der Waals surface area contributed by atoms with Gasteiger partial charge in [0.25, 0.3) is 0 Å². The summed E-state index contributed by atoms with van der Waals surface area (Å²) in [7, 11) is 0. The van der Waals surface area contributed by atoms with Crippen molar-refractivity contribution in [3.05, 3.63) is 69.3 Å². The molecule has 0 saturated carbocycles. The van der Waals surface area contributed by atoms with Crippen LogP contribution < -0.4 is 0 Å². The molecule has 3 rings (SSSR count). The Hall–Kier alpha value is -3.66. The molecule has 7 heteroatoms. The molecule has 0 amide bonds. The summed E-state index contributed by atoms with van der Waals surface area (Å²) in [4.78, 5) is 10.5. The zero-order chi connectivity index (χ0) is 17.1. The molecule has 2 heterocycles. The van der Waals surface area contributed by atoms with Gasteiger partial charge in [0.1, 0.15) is 11.5 Å². The third-order valence-corrected chi connectivity index (χ3v) is 3.38. The molecule has 0 fully saturated rings. The molecule has 0 aliphatic rings. The maximum atomic E-state index is 11.0. The Bertz CT molecular complexity index is 976. The summed E-state index contributed by atoms with van der Waals surface area (Å²) in [5.41, 5.74) is 1.22. The van der Waals surface area contributed by atoms with Crippen molar-refractivity contribution in [1.82, 2.24) is 5.16 Å². The van der Waals surface area contributed by atoms with Gasteiger partial charge in [0, 0.05) is 5.56 Å². The summed E-state index contributed by atoms with van der Waals surface area (Å²) < 4.78 is 10.6. The monoisotopic (exact) mass is 321 g/mol. The van der Waals surface area contributed by atoms with Crippen LogP contribution in [-0.2, 0) is 0 Å². The van der Waals surface area contributed by atoms with Crippen molar-refractivity contribution in [1.29, 1.82) is 5.26 Å². The smallest absolute Gasteiger partial charge is 0.338 e. The average Bonchev–Trinajstić information content (AvgIpc) is 3.19. The van der Waals surface area contributed by atoms with Crippen LogP contribution in [0, 0.1) is 28.4 Å². The maximum absolute atomic E-state index is 11.0. The van der Waals surface area contributed by atoms with Crippen molar-refractivity contribution in [3.8, 4) is 17.4 Å². The van der Waals surface area contributed by atoms with Crippen LogP contribution in [0.1, 0.15) is 22.8 Å². The van der Waals surface area contributed by atoms with Gasteiger partial charge in [-0.2, -0.15) is 5.26 Å². The van der Waals surface area contributed by atoms with E-state index in [9.17, 15) is 10.1 Å². The summed E-state index contributed by atoms with van der Waals surface area (Å²) in [5.74, 6) is 1.06. The zero-order valence-corrected chi connectivity index (χ0v) is 12.6. The van der Waals surface area contributed by atoms with Gasteiger partial charge in [-0.25, -0.2) is 0 Å². The van der Waals surface area contributed by atoms with Crippen LogP contribution in [0.25, 0.3) is 23.5 Å². The zero-order valence-electron chi connectivity index (χ0n) is 12.6. The molecule has 0 unspecified atom stereocenters. The summed E-state index contributed by atoms with van der Waals surface area (Å²) >= 11 is 0. The number of hydrogen-bond donors (Lipinski definition) is 0. The molecule has 0 N–H and O–H groups in total. The molecule has 1 aromatic carbocycles. The minimum Gasteiger partial charge on any atom is -0.457 e. The number of rotatable bonds is 4. The van der Waals surface area contributed by atoms with E-state index in [0.717, 1.165) is 0 Å². The highest BCUT2D eigenvalue weighted by molar-refractivity contribution is 5.72. The molecule has 118 valence electrons. The SMILES string of the molecule is Cc1noc(/C=C\c2ccc(-c3ccccc3C#N)o2)c1[N+](=O)[O-]. The highest BCUT2D eigenvalue weighted by Crippen LogP contribution is 2.28. The van der Waals surface area contributed by atoms with Crippen molar-refractivity contribution in [3.63, 3.8) is 0 Å². The first kappa shape index (κ1) is 15.2. The van der Waals surface area contributed by atoms with Gasteiger partial charge < -0.3 is 8.94 Å². The van der Waals surface area contributed by atoms with Crippen LogP contribution >= 0.6 is 0 Å². The summed E-state index contributed by atoms with van der Waals surface area (Å²) in [6.07, 6.45) is 2.97. The van der Waals surface area contributed by atoms with Crippen LogP contribution in [-0.4, -0.2) is 10.1 Å². The molecule has 7 nitrogen and oxygen atoms in total. The lowest BCUT2D eigenvalue weighted by Crippen LogP contribution is -1.90. The van der Waals surface area contributed by atoms with E-state index in [0.29, 0.717) is 22.6 Å². The first-order chi connectivity index (χ1) is 11.6. The summed E-state index contributed by atoms with van der Waals surface area (Å²) in [6.45, 7) is 1.50. The topological polar surface area (TPSA) is 106 Å². The molecule has 0 radical (unpaired) electrons. The van der Waals surface area contributed by atoms with Crippen LogP contribution in [0.2, 0.25) is 0 Å². The number of nitro groups is 1. The van der Waals surface area contributed by atoms with Gasteiger partial charge in [-0.15, -0.1) is 0 Å². The van der Waals surface area contributed by atoms with E-state index in [1.807, 2.05) is 6.07 Å². The van der Waals surface area contributed by atoms with Gasteiger partial charge in [0.2, 0.25) is 5.76 Å². The van der Waals surface area contributed by atoms with Gasteiger partial charge in [-0.3, -0.25) is 10.1 Å². The van der Waals surface area contributed by atoms with Crippen LogP contribution in [0.5, 0.6) is 0 Å². The third-order valence-electron chi connectivity index (χ3n) is 3.38. The summed E-state index contributed by atoms with van der Waals surface area (Å²) in [6, 6.07) is 12.6. The Balaban J connectivity index is 1.90. The van der Waals surface area contributed by atoms with Crippen molar-refractivity contribution < 1.29 is 13.9 Å². The van der Waals surface area contributed by atoms with Crippen molar-refractivity contribution in [2.75, 3.05) is 0 Å². The molecule has 0 aliphatic carbocycles. The van der Waals surface area contributed by atoms with Gasteiger partial charge >= 0.3 is 5.69 Å². The second kappa shape index (κ2) is 6.22. The quantitative estimate of drug-likeness (QED) is 0.526. The number of furan rings is 1. The van der Waals surface area contributed by atoms with Crippen LogP contribution in [0.4, 0.5) is 5.69 Å². The molecular formula is C17H11N3O4. The summed E-state index contributed by atoms with van der Waals surface area (Å²) in [5, 5.41) is 23.7. The van der Waals surface area contributed by atoms with Gasteiger partial charge in [0.05, 0.1) is 16.6 Å². The van der Waals surface area contributed by atoms with Gasteiger partial charge in [-0.1, -0.05) is 17.3 Å². The van der Waals surface area contributed by atoms with E-state index in [1.165, 1.54) is 13.0 Å². The van der Waals surface area contributed by atoms with Gasteiger partial charge in [0.15, 0.2) is 5.69 Å². The average molecular weight is 321 g/mol. The Morgan fingerprint density at radius 1 is 1.25 bits per heavy atom. The molecule has 0 saturated heterocycles. The lowest BCUT2D eigenvalue weighted by atomic mass is 10.1. The molecule has 0 spiro atoms. The largest absolute Gasteiger partial charge is 0.457 e. The van der Waals surface area contributed by atoms with Crippen molar-refractivity contribution >= 4 is 17.8 Å². The number of benzene rings is 1. The number of aryl methyl sites for hydroxylation is 1. The minimum atomic E-state index is -0.539. The molecule has 0 aliphatic heterocycles.